The Bertz CT molecular complexity index is 1040. The van der Waals surface area contributed by atoms with Gasteiger partial charge in [0, 0.05) is 10.0 Å². The summed E-state index contributed by atoms with van der Waals surface area (Å²) < 4.78 is 41.3. The molecule has 2 heterocycles. The van der Waals surface area contributed by atoms with Gasteiger partial charge in [-0.1, -0.05) is 45.9 Å². The summed E-state index contributed by atoms with van der Waals surface area (Å²) in [7, 11) is 0. The number of thiophene rings is 1. The molecule has 3 aromatic rings. The molecule has 0 aliphatic heterocycles. The maximum absolute atomic E-state index is 13.5. The van der Waals surface area contributed by atoms with Crippen LogP contribution in [-0.4, -0.2) is 16.5 Å². The highest BCUT2D eigenvalue weighted by molar-refractivity contribution is 9.10. The maximum Gasteiger partial charge on any atom is 0.417 e. The van der Waals surface area contributed by atoms with Gasteiger partial charge in [-0.3, -0.25) is 4.79 Å². The first-order chi connectivity index (χ1) is 13.3. The van der Waals surface area contributed by atoms with E-state index in [4.69, 9.17) is 0 Å². The first-order valence-corrected chi connectivity index (χ1v) is 10.4. The summed E-state index contributed by atoms with van der Waals surface area (Å²) in [6, 6.07) is 12.5. The summed E-state index contributed by atoms with van der Waals surface area (Å²) in [5.41, 5.74) is -1.06. The molecular weight excluding hydrogens is 473 g/mol. The molecule has 0 aliphatic carbocycles. The Morgan fingerprint density at radius 1 is 1.25 bits per heavy atom. The lowest BCUT2D eigenvalue weighted by atomic mass is 10.1. The van der Waals surface area contributed by atoms with Gasteiger partial charge in [0.05, 0.1) is 27.5 Å². The number of hydrogen-bond acceptors (Lipinski definition) is 5. The molecule has 0 saturated carbocycles. The van der Waals surface area contributed by atoms with E-state index in [-0.39, 0.29) is 22.3 Å². The number of benzene rings is 1. The first-order valence-electron chi connectivity index (χ1n) is 7.77. The standard InChI is InChI=1S/C19H10BrF3N2OS2/c20-12-5-3-11(4-6-12)16(26)10-28-18-13(9-24)14(19(21,22)23)8-15(25-18)17-2-1-7-27-17/h1-8H,10H2. The van der Waals surface area contributed by atoms with Gasteiger partial charge < -0.3 is 0 Å². The average molecular weight is 483 g/mol. The van der Waals surface area contributed by atoms with Crippen LogP contribution in [0.4, 0.5) is 13.2 Å². The third-order valence-electron chi connectivity index (χ3n) is 3.68. The zero-order chi connectivity index (χ0) is 20.3. The molecule has 0 atom stereocenters. The molecule has 2 aromatic heterocycles. The van der Waals surface area contributed by atoms with Crippen LogP contribution in [0, 0.1) is 11.3 Å². The summed E-state index contributed by atoms with van der Waals surface area (Å²) in [6.07, 6.45) is -4.70. The van der Waals surface area contributed by atoms with E-state index in [1.807, 2.05) is 0 Å². The van der Waals surface area contributed by atoms with Crippen molar-refractivity contribution in [2.45, 2.75) is 11.2 Å². The number of nitriles is 1. The van der Waals surface area contributed by atoms with Crippen LogP contribution in [0.5, 0.6) is 0 Å². The Morgan fingerprint density at radius 3 is 2.54 bits per heavy atom. The Balaban J connectivity index is 1.97. The van der Waals surface area contributed by atoms with Crippen molar-refractivity contribution in [2.75, 3.05) is 5.75 Å². The average Bonchev–Trinajstić information content (AvgIpc) is 3.20. The number of carbonyl (C=O) groups is 1. The van der Waals surface area contributed by atoms with E-state index in [0.29, 0.717) is 10.4 Å². The molecule has 0 amide bonds. The number of nitrogens with zero attached hydrogens (tertiary/aromatic N) is 2. The number of aromatic nitrogens is 1. The number of rotatable bonds is 5. The Kier molecular flexibility index (Phi) is 6.23. The normalized spacial score (nSPS) is 11.2. The fourth-order valence-corrected chi connectivity index (χ4v) is 4.21. The van der Waals surface area contributed by atoms with E-state index in [9.17, 15) is 23.2 Å². The highest BCUT2D eigenvalue weighted by Crippen LogP contribution is 2.38. The van der Waals surface area contributed by atoms with E-state index < -0.39 is 17.3 Å². The van der Waals surface area contributed by atoms with E-state index in [0.717, 1.165) is 22.3 Å². The second kappa shape index (κ2) is 8.47. The highest BCUT2D eigenvalue weighted by atomic mass is 79.9. The molecule has 0 saturated heterocycles. The largest absolute Gasteiger partial charge is 0.417 e. The van der Waals surface area contributed by atoms with Crippen LogP contribution < -0.4 is 0 Å². The molecule has 0 N–H and O–H groups in total. The SMILES string of the molecule is N#Cc1c(C(F)(F)F)cc(-c2cccs2)nc1SCC(=O)c1ccc(Br)cc1. The molecule has 0 fully saturated rings. The van der Waals surface area contributed by atoms with E-state index in [2.05, 4.69) is 20.9 Å². The lowest BCUT2D eigenvalue weighted by Gasteiger charge is -2.13. The predicted molar refractivity (Wildman–Crippen MR) is 106 cm³/mol. The van der Waals surface area contributed by atoms with Crippen molar-refractivity contribution in [3.05, 3.63) is 69.0 Å². The summed E-state index contributed by atoms with van der Waals surface area (Å²) in [6.45, 7) is 0. The molecule has 3 nitrogen and oxygen atoms in total. The van der Waals surface area contributed by atoms with Gasteiger partial charge in [-0.25, -0.2) is 4.98 Å². The predicted octanol–water partition coefficient (Wildman–Crippen LogP) is 6.44. The quantitative estimate of drug-likeness (QED) is 0.310. The number of pyridine rings is 1. The molecule has 1 aromatic carbocycles. The third-order valence-corrected chi connectivity index (χ3v) is 6.08. The molecule has 28 heavy (non-hydrogen) atoms. The number of hydrogen-bond donors (Lipinski definition) is 0. The first kappa shape index (κ1) is 20.6. The van der Waals surface area contributed by atoms with Crippen LogP contribution in [0.25, 0.3) is 10.6 Å². The number of ketones is 1. The molecule has 0 aliphatic rings. The summed E-state index contributed by atoms with van der Waals surface area (Å²) >= 11 is 5.35. The third kappa shape index (κ3) is 4.63. The monoisotopic (exact) mass is 482 g/mol. The number of halogens is 4. The molecule has 0 radical (unpaired) electrons. The number of alkyl halides is 3. The van der Waals surface area contributed by atoms with Crippen molar-refractivity contribution in [2.24, 2.45) is 0 Å². The van der Waals surface area contributed by atoms with Crippen LogP contribution >= 0.6 is 39.0 Å². The van der Waals surface area contributed by atoms with Crippen LogP contribution in [0.1, 0.15) is 21.5 Å². The summed E-state index contributed by atoms with van der Waals surface area (Å²) in [5.74, 6) is -0.396. The lowest BCUT2D eigenvalue weighted by molar-refractivity contribution is -0.138. The van der Waals surface area contributed by atoms with Gasteiger partial charge in [0.1, 0.15) is 11.1 Å². The topological polar surface area (TPSA) is 53.8 Å². The maximum atomic E-state index is 13.5. The summed E-state index contributed by atoms with van der Waals surface area (Å²) in [5, 5.41) is 10.9. The molecule has 142 valence electrons. The van der Waals surface area contributed by atoms with Crippen LogP contribution in [0.15, 0.2) is 57.3 Å². The van der Waals surface area contributed by atoms with E-state index in [1.165, 1.54) is 11.3 Å². The smallest absolute Gasteiger partial charge is 0.293 e. The molecule has 9 heteroatoms. The van der Waals surface area contributed by atoms with Crippen molar-refractivity contribution in [3.63, 3.8) is 0 Å². The molecule has 0 bridgehead atoms. The van der Waals surface area contributed by atoms with Crippen molar-refractivity contribution in [3.8, 4) is 16.6 Å². The van der Waals surface area contributed by atoms with Gasteiger partial charge in [-0.15, -0.1) is 11.3 Å². The second-order valence-electron chi connectivity index (χ2n) is 5.54. The molecule has 0 spiro atoms. The van der Waals surface area contributed by atoms with Crippen LogP contribution in [0.3, 0.4) is 0 Å². The number of thioether (sulfide) groups is 1. The van der Waals surface area contributed by atoms with Gasteiger partial charge >= 0.3 is 6.18 Å². The Hall–Kier alpha value is -2.15. The van der Waals surface area contributed by atoms with Crippen molar-refractivity contribution < 1.29 is 18.0 Å². The summed E-state index contributed by atoms with van der Waals surface area (Å²) in [4.78, 5) is 17.1. The molecular formula is C19H10BrF3N2OS2. The van der Waals surface area contributed by atoms with Gasteiger partial charge in [-0.2, -0.15) is 18.4 Å². The van der Waals surface area contributed by atoms with Crippen LogP contribution in [-0.2, 0) is 6.18 Å². The fourth-order valence-electron chi connectivity index (χ4n) is 2.36. The minimum Gasteiger partial charge on any atom is -0.293 e. The van der Waals surface area contributed by atoms with Gasteiger partial charge in [0.2, 0.25) is 0 Å². The van der Waals surface area contributed by atoms with Gasteiger partial charge in [0.15, 0.2) is 5.78 Å². The fraction of sp³-hybridized carbons (Fsp3) is 0.105. The highest BCUT2D eigenvalue weighted by Gasteiger charge is 2.36. The minimum atomic E-state index is -4.70. The number of carbonyl (C=O) groups excluding carboxylic acids is 1. The lowest BCUT2D eigenvalue weighted by Crippen LogP contribution is -2.11. The van der Waals surface area contributed by atoms with Crippen molar-refractivity contribution in [1.82, 2.24) is 4.98 Å². The molecule has 0 unspecified atom stereocenters. The van der Waals surface area contributed by atoms with Gasteiger partial charge in [0.25, 0.3) is 0 Å². The van der Waals surface area contributed by atoms with Crippen molar-refractivity contribution >= 4 is 44.8 Å². The Morgan fingerprint density at radius 2 is 1.96 bits per heavy atom. The zero-order valence-corrected chi connectivity index (χ0v) is 17.2. The Labute approximate surface area is 175 Å². The van der Waals surface area contributed by atoms with Gasteiger partial charge in [-0.05, 0) is 29.6 Å². The zero-order valence-electron chi connectivity index (χ0n) is 14.0. The van der Waals surface area contributed by atoms with E-state index >= 15 is 0 Å². The van der Waals surface area contributed by atoms with E-state index in [1.54, 1.807) is 47.8 Å². The molecule has 3 rings (SSSR count). The minimum absolute atomic E-state index is 0.105. The number of Topliss-reactive ketones (excluding diaryl/α,β-unsaturated/α-hetero) is 1. The second-order valence-corrected chi connectivity index (χ2v) is 8.37. The van der Waals surface area contributed by atoms with Crippen LogP contribution in [0.2, 0.25) is 0 Å². The van der Waals surface area contributed by atoms with Crippen molar-refractivity contribution in [1.29, 1.82) is 5.26 Å².